The third-order valence-electron chi connectivity index (χ3n) is 4.53. The molecule has 1 aliphatic carbocycles. The highest BCUT2D eigenvalue weighted by Gasteiger charge is 2.27. The van der Waals surface area contributed by atoms with Gasteiger partial charge < -0.3 is 15.0 Å². The van der Waals surface area contributed by atoms with E-state index in [0.717, 1.165) is 49.6 Å². The third-order valence-corrected chi connectivity index (χ3v) is 4.53. The number of nitrogens with one attached hydrogen (secondary N) is 1. The molecule has 1 aromatic rings. The first kappa shape index (κ1) is 16.2. The Kier molecular flexibility index (Phi) is 4.80. The number of nitrogens with zero attached hydrogens (tertiary/aromatic N) is 3. The lowest BCUT2D eigenvalue weighted by Crippen LogP contribution is -2.46. The summed E-state index contributed by atoms with van der Waals surface area (Å²) in [6.07, 6.45) is 5.76. The fourth-order valence-electron chi connectivity index (χ4n) is 3.48. The molecule has 1 N–H and O–H groups in total. The van der Waals surface area contributed by atoms with Crippen molar-refractivity contribution in [1.29, 1.82) is 0 Å². The van der Waals surface area contributed by atoms with Crippen LogP contribution in [0.2, 0.25) is 0 Å². The number of hydrogen-bond donors (Lipinski definition) is 1. The van der Waals surface area contributed by atoms with Crippen LogP contribution in [0.1, 0.15) is 57.3 Å². The predicted molar refractivity (Wildman–Crippen MR) is 88.4 cm³/mol. The van der Waals surface area contributed by atoms with E-state index in [2.05, 4.69) is 29.0 Å². The Morgan fingerprint density at radius 2 is 2.13 bits per heavy atom. The van der Waals surface area contributed by atoms with Crippen LogP contribution in [0.15, 0.2) is 6.20 Å². The van der Waals surface area contributed by atoms with E-state index in [1.54, 1.807) is 0 Å². The van der Waals surface area contributed by atoms with Crippen LogP contribution in [0.25, 0.3) is 0 Å². The van der Waals surface area contributed by atoms with E-state index in [1.807, 2.05) is 13.1 Å². The predicted octanol–water partition coefficient (Wildman–Crippen LogP) is 1.99. The van der Waals surface area contributed by atoms with Crippen LogP contribution in [0.3, 0.4) is 0 Å². The number of aryl methyl sites for hydroxylation is 1. The van der Waals surface area contributed by atoms with E-state index in [0.29, 0.717) is 6.42 Å². The van der Waals surface area contributed by atoms with E-state index < -0.39 is 0 Å². The van der Waals surface area contributed by atoms with Crippen molar-refractivity contribution in [3.05, 3.63) is 17.5 Å². The Bertz CT molecular complexity index is 568. The minimum atomic E-state index is 0.0581. The van der Waals surface area contributed by atoms with E-state index in [9.17, 15) is 4.79 Å². The number of rotatable bonds is 3. The standard InChI is InChI=1S/C17H26N4O2/c1-4-16(22)19-14-6-5-7-15-13(14)8-18-17(20-15)21-9-11(2)23-12(3)10-21/h8,11-12,14H,4-7,9-10H2,1-3H3,(H,19,22). The number of fused-ring (bicyclic) bond motifs is 1. The molecular weight excluding hydrogens is 292 g/mol. The summed E-state index contributed by atoms with van der Waals surface area (Å²) in [6, 6.07) is 0.0581. The SMILES string of the molecule is CCC(=O)NC1CCCc2nc(N3CC(C)OC(C)C3)ncc21. The lowest BCUT2D eigenvalue weighted by atomic mass is 9.92. The Morgan fingerprint density at radius 3 is 2.83 bits per heavy atom. The molecule has 1 amide bonds. The Labute approximate surface area is 137 Å². The van der Waals surface area contributed by atoms with E-state index >= 15 is 0 Å². The number of hydrogen-bond acceptors (Lipinski definition) is 5. The molecule has 1 fully saturated rings. The molecule has 3 rings (SSSR count). The van der Waals surface area contributed by atoms with Gasteiger partial charge in [-0.1, -0.05) is 6.92 Å². The molecule has 0 bridgehead atoms. The van der Waals surface area contributed by atoms with Crippen LogP contribution in [0, 0.1) is 0 Å². The van der Waals surface area contributed by atoms with E-state index in [1.165, 1.54) is 0 Å². The first-order valence-electron chi connectivity index (χ1n) is 8.62. The maximum absolute atomic E-state index is 11.7. The summed E-state index contributed by atoms with van der Waals surface area (Å²) in [5.41, 5.74) is 2.16. The molecule has 0 spiro atoms. The van der Waals surface area contributed by atoms with Crippen molar-refractivity contribution in [3.63, 3.8) is 0 Å². The van der Waals surface area contributed by atoms with Gasteiger partial charge >= 0.3 is 0 Å². The fourth-order valence-corrected chi connectivity index (χ4v) is 3.48. The zero-order chi connectivity index (χ0) is 16.4. The fraction of sp³-hybridized carbons (Fsp3) is 0.706. The van der Waals surface area contributed by atoms with Crippen LogP contribution in [-0.2, 0) is 16.0 Å². The number of morpholine rings is 1. The normalized spacial score (nSPS) is 27.4. The number of anilines is 1. The van der Waals surface area contributed by atoms with Gasteiger partial charge in [0.05, 0.1) is 23.9 Å². The summed E-state index contributed by atoms with van der Waals surface area (Å²) in [5, 5.41) is 3.09. The molecule has 3 atom stereocenters. The molecule has 0 saturated carbocycles. The Morgan fingerprint density at radius 1 is 1.39 bits per heavy atom. The number of ether oxygens (including phenoxy) is 1. The first-order chi connectivity index (χ1) is 11.1. The van der Waals surface area contributed by atoms with Gasteiger partial charge in [0.25, 0.3) is 0 Å². The van der Waals surface area contributed by atoms with Crippen molar-refractivity contribution in [2.75, 3.05) is 18.0 Å². The highest BCUT2D eigenvalue weighted by Crippen LogP contribution is 2.29. The minimum absolute atomic E-state index is 0.0581. The average molecular weight is 318 g/mol. The second-order valence-corrected chi connectivity index (χ2v) is 6.60. The summed E-state index contributed by atoms with van der Waals surface area (Å²) in [6.45, 7) is 7.67. The Balaban J connectivity index is 1.80. The summed E-state index contributed by atoms with van der Waals surface area (Å²) < 4.78 is 5.78. The number of carbonyl (C=O) groups is 1. The number of carbonyl (C=O) groups excluding carboxylic acids is 1. The molecule has 126 valence electrons. The molecule has 6 heteroatoms. The zero-order valence-electron chi connectivity index (χ0n) is 14.2. The van der Waals surface area contributed by atoms with E-state index in [-0.39, 0.29) is 24.2 Å². The average Bonchev–Trinajstić information content (AvgIpc) is 2.53. The van der Waals surface area contributed by atoms with Crippen molar-refractivity contribution in [1.82, 2.24) is 15.3 Å². The van der Waals surface area contributed by atoms with Gasteiger partial charge in [0.15, 0.2) is 0 Å². The monoisotopic (exact) mass is 318 g/mol. The highest BCUT2D eigenvalue weighted by atomic mass is 16.5. The molecule has 3 unspecified atom stereocenters. The quantitative estimate of drug-likeness (QED) is 0.923. The molecular formula is C17H26N4O2. The second kappa shape index (κ2) is 6.83. The Hall–Kier alpha value is -1.69. The van der Waals surface area contributed by atoms with Crippen molar-refractivity contribution in [2.24, 2.45) is 0 Å². The largest absolute Gasteiger partial charge is 0.372 e. The molecule has 23 heavy (non-hydrogen) atoms. The van der Waals surface area contributed by atoms with Crippen LogP contribution in [-0.4, -0.2) is 41.2 Å². The van der Waals surface area contributed by atoms with E-state index in [4.69, 9.17) is 9.72 Å². The first-order valence-corrected chi connectivity index (χ1v) is 8.62. The lowest BCUT2D eigenvalue weighted by Gasteiger charge is -2.36. The summed E-state index contributed by atoms with van der Waals surface area (Å²) in [7, 11) is 0. The maximum Gasteiger partial charge on any atom is 0.225 e. The molecule has 1 aromatic heterocycles. The zero-order valence-corrected chi connectivity index (χ0v) is 14.2. The highest BCUT2D eigenvalue weighted by molar-refractivity contribution is 5.76. The second-order valence-electron chi connectivity index (χ2n) is 6.60. The van der Waals surface area contributed by atoms with Gasteiger partial charge in [0.1, 0.15) is 0 Å². The van der Waals surface area contributed by atoms with Gasteiger partial charge in [0.2, 0.25) is 11.9 Å². The van der Waals surface area contributed by atoms with Gasteiger partial charge in [0, 0.05) is 31.3 Å². The summed E-state index contributed by atoms with van der Waals surface area (Å²) in [4.78, 5) is 23.3. The van der Waals surface area contributed by atoms with Crippen molar-refractivity contribution < 1.29 is 9.53 Å². The molecule has 6 nitrogen and oxygen atoms in total. The van der Waals surface area contributed by atoms with Gasteiger partial charge in [-0.3, -0.25) is 4.79 Å². The van der Waals surface area contributed by atoms with Crippen LogP contribution in [0.4, 0.5) is 5.95 Å². The van der Waals surface area contributed by atoms with Crippen LogP contribution >= 0.6 is 0 Å². The van der Waals surface area contributed by atoms with Gasteiger partial charge in [-0.2, -0.15) is 0 Å². The lowest BCUT2D eigenvalue weighted by molar-refractivity contribution is -0.121. The maximum atomic E-state index is 11.7. The molecule has 2 heterocycles. The van der Waals surface area contributed by atoms with Gasteiger partial charge in [-0.05, 0) is 33.1 Å². The van der Waals surface area contributed by atoms with Gasteiger partial charge in [-0.15, -0.1) is 0 Å². The van der Waals surface area contributed by atoms with Gasteiger partial charge in [-0.25, -0.2) is 9.97 Å². The molecule has 0 aromatic carbocycles. The molecule has 1 aliphatic heterocycles. The summed E-state index contributed by atoms with van der Waals surface area (Å²) in [5.74, 6) is 0.871. The molecule has 2 aliphatic rings. The molecule has 0 radical (unpaired) electrons. The summed E-state index contributed by atoms with van der Waals surface area (Å²) >= 11 is 0. The van der Waals surface area contributed by atoms with Crippen LogP contribution < -0.4 is 10.2 Å². The van der Waals surface area contributed by atoms with Crippen molar-refractivity contribution in [3.8, 4) is 0 Å². The van der Waals surface area contributed by atoms with Crippen LogP contribution in [0.5, 0.6) is 0 Å². The smallest absolute Gasteiger partial charge is 0.225 e. The minimum Gasteiger partial charge on any atom is -0.372 e. The molecule has 1 saturated heterocycles. The topological polar surface area (TPSA) is 67.4 Å². The van der Waals surface area contributed by atoms with Crippen molar-refractivity contribution >= 4 is 11.9 Å². The van der Waals surface area contributed by atoms with Crippen molar-refractivity contribution in [2.45, 2.75) is 64.7 Å². The number of aromatic nitrogens is 2. The number of amides is 1. The third kappa shape index (κ3) is 3.63.